The Morgan fingerprint density at radius 1 is 1.25 bits per heavy atom. The monoisotopic (exact) mass is 271 g/mol. The van der Waals surface area contributed by atoms with Crippen LogP contribution in [0.3, 0.4) is 0 Å². The van der Waals surface area contributed by atoms with Crippen LogP contribution in [0.25, 0.3) is 11.0 Å². The molecule has 0 radical (unpaired) electrons. The van der Waals surface area contributed by atoms with E-state index in [4.69, 9.17) is 0 Å². The van der Waals surface area contributed by atoms with Gasteiger partial charge in [0.05, 0.1) is 5.52 Å². The third-order valence-electron chi connectivity index (χ3n) is 4.25. The van der Waals surface area contributed by atoms with Gasteiger partial charge >= 0.3 is 0 Å². The minimum atomic E-state index is 0.520. The molecule has 3 rings (SSSR count). The second-order valence-electron chi connectivity index (χ2n) is 5.53. The Morgan fingerprint density at radius 3 is 2.85 bits per heavy atom. The lowest BCUT2D eigenvalue weighted by Gasteiger charge is -2.35. The van der Waals surface area contributed by atoms with Crippen molar-refractivity contribution in [1.29, 1.82) is 0 Å². The lowest BCUT2D eigenvalue weighted by molar-refractivity contribution is 0.331. The molecule has 0 bridgehead atoms. The summed E-state index contributed by atoms with van der Waals surface area (Å²) in [5.41, 5.74) is 1.77. The van der Waals surface area contributed by atoms with Gasteiger partial charge in [0.1, 0.15) is 5.52 Å². The van der Waals surface area contributed by atoms with Crippen molar-refractivity contribution in [3.63, 3.8) is 0 Å². The fraction of sp³-hybridized carbons (Fsp3) is 0.533. The molecule has 5 nitrogen and oxygen atoms in total. The van der Waals surface area contributed by atoms with Crippen LogP contribution in [0, 0.1) is 5.92 Å². The molecule has 2 unspecified atom stereocenters. The van der Waals surface area contributed by atoms with E-state index in [0.29, 0.717) is 12.0 Å². The number of fused-ring (bicyclic) bond motifs is 1. The number of para-hydroxylation sites is 1. The smallest absolute Gasteiger partial charge is 0.245 e. The zero-order chi connectivity index (χ0) is 13.9. The highest BCUT2D eigenvalue weighted by Gasteiger charge is 2.25. The molecule has 1 aliphatic heterocycles. The minimum Gasteiger partial charge on any atom is -0.339 e. The van der Waals surface area contributed by atoms with Crippen molar-refractivity contribution in [3.05, 3.63) is 24.3 Å². The van der Waals surface area contributed by atoms with Crippen LogP contribution in [-0.2, 0) is 0 Å². The highest BCUT2D eigenvalue weighted by Crippen LogP contribution is 2.23. The third-order valence-corrected chi connectivity index (χ3v) is 4.25. The van der Waals surface area contributed by atoms with Gasteiger partial charge in [0.2, 0.25) is 5.95 Å². The summed E-state index contributed by atoms with van der Waals surface area (Å²) in [5.74, 6) is 1.40. The van der Waals surface area contributed by atoms with Crippen LogP contribution in [0.5, 0.6) is 0 Å². The summed E-state index contributed by atoms with van der Waals surface area (Å²) in [6.45, 7) is 4.27. The zero-order valence-electron chi connectivity index (χ0n) is 12.1. The average Bonchev–Trinajstić information content (AvgIpc) is 2.53. The molecular formula is C15H21N5. The van der Waals surface area contributed by atoms with Gasteiger partial charge in [-0.1, -0.05) is 12.1 Å². The molecule has 106 valence electrons. The molecule has 1 saturated heterocycles. The lowest BCUT2D eigenvalue weighted by Crippen LogP contribution is -2.44. The normalized spacial score (nSPS) is 21.1. The highest BCUT2D eigenvalue weighted by molar-refractivity contribution is 5.74. The number of benzene rings is 1. The fourth-order valence-electron chi connectivity index (χ4n) is 2.84. The van der Waals surface area contributed by atoms with Gasteiger partial charge in [0, 0.05) is 19.1 Å². The molecule has 0 amide bonds. The van der Waals surface area contributed by atoms with Gasteiger partial charge in [-0.25, -0.2) is 4.98 Å². The molecule has 2 atom stereocenters. The summed E-state index contributed by atoms with van der Waals surface area (Å²) in [6.07, 6.45) is 2.45. The quantitative estimate of drug-likeness (QED) is 0.923. The first-order chi connectivity index (χ1) is 9.78. The van der Waals surface area contributed by atoms with E-state index in [9.17, 15) is 0 Å². The van der Waals surface area contributed by atoms with E-state index >= 15 is 0 Å². The summed E-state index contributed by atoms with van der Waals surface area (Å²) in [5, 5.41) is 11.9. The molecule has 1 aromatic carbocycles. The van der Waals surface area contributed by atoms with E-state index in [0.717, 1.165) is 30.1 Å². The van der Waals surface area contributed by atoms with Crippen molar-refractivity contribution in [2.24, 2.45) is 5.92 Å². The van der Waals surface area contributed by atoms with Crippen molar-refractivity contribution in [2.75, 3.05) is 25.0 Å². The standard InChI is InChI=1S/C15H21N5/c1-11(16-2)12-6-5-9-20(10-12)15-17-13-7-3-4-8-14(13)18-19-15/h3-4,7-8,11-12,16H,5-6,9-10H2,1-2H3. The predicted octanol–water partition coefficient (Wildman–Crippen LogP) is 1.85. The van der Waals surface area contributed by atoms with Crippen molar-refractivity contribution in [1.82, 2.24) is 20.5 Å². The molecule has 1 aromatic heterocycles. The maximum absolute atomic E-state index is 4.65. The Kier molecular flexibility index (Phi) is 3.78. The minimum absolute atomic E-state index is 0.520. The molecule has 2 aromatic rings. The number of hydrogen-bond donors (Lipinski definition) is 1. The Morgan fingerprint density at radius 2 is 2.05 bits per heavy atom. The largest absolute Gasteiger partial charge is 0.339 e. The van der Waals surface area contributed by atoms with Gasteiger partial charge in [-0.2, -0.15) is 0 Å². The Labute approximate surface area is 119 Å². The lowest BCUT2D eigenvalue weighted by atomic mass is 9.92. The van der Waals surface area contributed by atoms with Crippen molar-refractivity contribution in [3.8, 4) is 0 Å². The topological polar surface area (TPSA) is 53.9 Å². The number of aromatic nitrogens is 3. The molecular weight excluding hydrogens is 250 g/mol. The molecule has 2 heterocycles. The van der Waals surface area contributed by atoms with Crippen LogP contribution >= 0.6 is 0 Å². The Balaban J connectivity index is 1.83. The van der Waals surface area contributed by atoms with Crippen LogP contribution in [0.4, 0.5) is 5.95 Å². The maximum atomic E-state index is 4.65. The van der Waals surface area contributed by atoms with E-state index in [2.05, 4.69) is 32.3 Å². The van der Waals surface area contributed by atoms with Crippen molar-refractivity contribution < 1.29 is 0 Å². The van der Waals surface area contributed by atoms with Gasteiger partial charge in [-0.15, -0.1) is 10.2 Å². The predicted molar refractivity (Wildman–Crippen MR) is 80.8 cm³/mol. The zero-order valence-corrected chi connectivity index (χ0v) is 12.1. The number of nitrogens with one attached hydrogen (secondary N) is 1. The summed E-state index contributed by atoms with van der Waals surface area (Å²) in [7, 11) is 2.03. The molecule has 5 heteroatoms. The van der Waals surface area contributed by atoms with Crippen LogP contribution < -0.4 is 10.2 Å². The molecule has 1 fully saturated rings. The number of hydrogen-bond acceptors (Lipinski definition) is 5. The first-order valence-corrected chi connectivity index (χ1v) is 7.29. The Hall–Kier alpha value is -1.75. The van der Waals surface area contributed by atoms with Crippen molar-refractivity contribution in [2.45, 2.75) is 25.8 Å². The number of piperidine rings is 1. The average molecular weight is 271 g/mol. The van der Waals surface area contributed by atoms with Crippen LogP contribution in [-0.4, -0.2) is 41.4 Å². The van der Waals surface area contributed by atoms with E-state index in [1.54, 1.807) is 0 Å². The molecule has 1 N–H and O–H groups in total. The molecule has 0 saturated carbocycles. The second kappa shape index (κ2) is 5.71. The maximum Gasteiger partial charge on any atom is 0.245 e. The molecule has 1 aliphatic rings. The van der Waals surface area contributed by atoms with E-state index < -0.39 is 0 Å². The SMILES string of the molecule is CNC(C)C1CCCN(c2nnc3ccccc3n2)C1. The summed E-state index contributed by atoms with van der Waals surface area (Å²) in [6, 6.07) is 8.41. The Bertz CT molecular complexity index is 585. The summed E-state index contributed by atoms with van der Waals surface area (Å²) >= 11 is 0. The first-order valence-electron chi connectivity index (χ1n) is 7.29. The van der Waals surface area contributed by atoms with Gasteiger partial charge in [-0.05, 0) is 44.9 Å². The number of nitrogens with zero attached hydrogens (tertiary/aromatic N) is 4. The van der Waals surface area contributed by atoms with E-state index in [-0.39, 0.29) is 0 Å². The van der Waals surface area contributed by atoms with Crippen LogP contribution in [0.1, 0.15) is 19.8 Å². The van der Waals surface area contributed by atoms with E-state index in [1.165, 1.54) is 12.8 Å². The van der Waals surface area contributed by atoms with Gasteiger partial charge in [0.15, 0.2) is 0 Å². The third kappa shape index (κ3) is 2.58. The molecule has 0 spiro atoms. The fourth-order valence-corrected chi connectivity index (χ4v) is 2.84. The molecule has 20 heavy (non-hydrogen) atoms. The van der Waals surface area contributed by atoms with E-state index in [1.807, 2.05) is 31.3 Å². The van der Waals surface area contributed by atoms with Crippen LogP contribution in [0.2, 0.25) is 0 Å². The number of rotatable bonds is 3. The van der Waals surface area contributed by atoms with Crippen LogP contribution in [0.15, 0.2) is 24.3 Å². The van der Waals surface area contributed by atoms with Gasteiger partial charge < -0.3 is 10.2 Å². The van der Waals surface area contributed by atoms with Gasteiger partial charge in [0.25, 0.3) is 0 Å². The molecule has 0 aliphatic carbocycles. The second-order valence-corrected chi connectivity index (χ2v) is 5.53. The summed E-state index contributed by atoms with van der Waals surface area (Å²) in [4.78, 5) is 6.92. The highest BCUT2D eigenvalue weighted by atomic mass is 15.3. The summed E-state index contributed by atoms with van der Waals surface area (Å²) < 4.78 is 0. The van der Waals surface area contributed by atoms with Crippen molar-refractivity contribution >= 4 is 17.0 Å². The van der Waals surface area contributed by atoms with Gasteiger partial charge in [-0.3, -0.25) is 0 Å². The number of anilines is 1. The first kappa shape index (κ1) is 13.2.